The number of rotatable bonds is 3. The van der Waals surface area contributed by atoms with Crippen LogP contribution in [-0.2, 0) is 0 Å². The summed E-state index contributed by atoms with van der Waals surface area (Å²) in [4.78, 5) is 36.0. The monoisotopic (exact) mass is 413 g/mol. The number of aromatic nitrogens is 3. The largest absolute Gasteiger partial charge is 0.472 e. The number of carbonyl (C=O) groups is 1. The molecular formula is C16H17Cl2N5O4. The van der Waals surface area contributed by atoms with Crippen molar-refractivity contribution in [2.45, 2.75) is 44.0 Å². The molecule has 2 saturated heterocycles. The summed E-state index contributed by atoms with van der Waals surface area (Å²) in [6.07, 6.45) is 1.39. The van der Waals surface area contributed by atoms with Crippen LogP contribution in [0, 0.1) is 0 Å². The molecule has 1 amide bonds. The predicted molar refractivity (Wildman–Crippen MR) is 98.7 cm³/mol. The van der Waals surface area contributed by atoms with Gasteiger partial charge in [-0.05, 0) is 19.8 Å². The minimum absolute atomic E-state index is 0.0186. The molecule has 0 aromatic carbocycles. The number of fused-ring (bicyclic) bond motifs is 3. The first-order valence-corrected chi connectivity index (χ1v) is 9.27. The van der Waals surface area contributed by atoms with Crippen LogP contribution < -0.4 is 15.6 Å². The number of piperazine rings is 1. The number of pyridine rings is 1. The van der Waals surface area contributed by atoms with Crippen LogP contribution in [0.5, 0.6) is 5.88 Å². The highest BCUT2D eigenvalue weighted by Crippen LogP contribution is 2.34. The van der Waals surface area contributed by atoms with Crippen LogP contribution in [0.15, 0.2) is 11.1 Å². The molecule has 9 nitrogen and oxygen atoms in total. The van der Waals surface area contributed by atoms with Crippen molar-refractivity contribution in [1.29, 1.82) is 0 Å². The van der Waals surface area contributed by atoms with Crippen LogP contribution in [0.4, 0.5) is 4.79 Å². The fraction of sp³-hybridized carbons (Fsp3) is 0.500. The molecule has 0 radical (unpaired) electrons. The third kappa shape index (κ3) is 2.99. The zero-order chi connectivity index (χ0) is 19.3. The number of hydrogen-bond donors (Lipinski definition) is 3. The van der Waals surface area contributed by atoms with Gasteiger partial charge in [-0.2, -0.15) is 4.98 Å². The van der Waals surface area contributed by atoms with Gasteiger partial charge in [0.25, 0.3) is 5.56 Å². The molecule has 2 fully saturated rings. The van der Waals surface area contributed by atoms with E-state index in [1.165, 1.54) is 11.2 Å². The molecule has 0 aliphatic carbocycles. The molecule has 0 spiro atoms. The molecule has 144 valence electrons. The molecule has 2 aliphatic rings. The van der Waals surface area contributed by atoms with Crippen LogP contribution in [-0.4, -0.2) is 61.8 Å². The minimum Gasteiger partial charge on any atom is -0.472 e. The summed E-state index contributed by atoms with van der Waals surface area (Å²) in [5, 5.41) is 13.0. The topological polar surface area (TPSA) is 120 Å². The quantitative estimate of drug-likeness (QED) is 0.656. The summed E-state index contributed by atoms with van der Waals surface area (Å²) in [6.45, 7) is 2.36. The number of nitrogens with zero attached hydrogens (tertiary/aromatic N) is 3. The first-order chi connectivity index (χ1) is 12.9. The summed E-state index contributed by atoms with van der Waals surface area (Å²) in [7, 11) is 0. The Bertz CT molecular complexity index is 968. The first kappa shape index (κ1) is 18.3. The van der Waals surface area contributed by atoms with Crippen molar-refractivity contribution in [1.82, 2.24) is 25.2 Å². The van der Waals surface area contributed by atoms with Gasteiger partial charge in [0.2, 0.25) is 5.88 Å². The van der Waals surface area contributed by atoms with Crippen LogP contribution >= 0.6 is 23.2 Å². The van der Waals surface area contributed by atoms with E-state index < -0.39 is 17.8 Å². The number of hydrogen-bond acceptors (Lipinski definition) is 6. The number of amides is 1. The molecule has 2 aromatic heterocycles. The number of nitrogens with one attached hydrogen (secondary N) is 2. The Morgan fingerprint density at radius 1 is 1.44 bits per heavy atom. The highest BCUT2D eigenvalue weighted by molar-refractivity contribution is 6.44. The van der Waals surface area contributed by atoms with Crippen LogP contribution in [0.2, 0.25) is 10.2 Å². The number of H-pyrrole nitrogens is 1. The highest BCUT2D eigenvalue weighted by Gasteiger charge is 2.47. The summed E-state index contributed by atoms with van der Waals surface area (Å²) in [5.41, 5.74) is -0.245. The van der Waals surface area contributed by atoms with Gasteiger partial charge in [-0.25, -0.2) is 9.78 Å². The second-order valence-electron chi connectivity index (χ2n) is 6.72. The third-order valence-corrected chi connectivity index (χ3v) is 5.96. The summed E-state index contributed by atoms with van der Waals surface area (Å²) in [5.74, 6) is 0.0186. The van der Waals surface area contributed by atoms with E-state index in [1.54, 1.807) is 6.92 Å². The average molecular weight is 414 g/mol. The lowest BCUT2D eigenvalue weighted by atomic mass is 10.0. The van der Waals surface area contributed by atoms with Crippen LogP contribution in [0.1, 0.15) is 19.8 Å². The standard InChI is InChI=1S/C16H17Cl2N5O4/c1-6(11-8-3-2-7(4-19-11)23(8)16(25)26)27-15-9-12(10(17)13(18)22-15)20-5-21-14(9)24/h5-8,11,19H,2-4H2,1H3,(H,25,26)(H,20,21,24)/t6-,7+,8-,11+/m0/s1. The zero-order valence-electron chi connectivity index (χ0n) is 14.3. The maximum Gasteiger partial charge on any atom is 0.407 e. The van der Waals surface area contributed by atoms with Crippen molar-refractivity contribution in [2.24, 2.45) is 0 Å². The molecule has 2 aliphatic heterocycles. The molecule has 2 aromatic rings. The van der Waals surface area contributed by atoms with E-state index in [0.717, 1.165) is 12.8 Å². The van der Waals surface area contributed by atoms with E-state index in [4.69, 9.17) is 27.9 Å². The molecular weight excluding hydrogens is 397 g/mol. The summed E-state index contributed by atoms with van der Waals surface area (Å²) in [6, 6.07) is -0.476. The van der Waals surface area contributed by atoms with E-state index in [9.17, 15) is 14.7 Å². The normalized spacial score (nSPS) is 25.6. The van der Waals surface area contributed by atoms with Gasteiger partial charge in [0.1, 0.15) is 22.0 Å². The fourth-order valence-corrected chi connectivity index (χ4v) is 4.39. The molecule has 0 saturated carbocycles. The van der Waals surface area contributed by atoms with E-state index >= 15 is 0 Å². The lowest BCUT2D eigenvalue weighted by molar-refractivity contribution is 0.0544. The summed E-state index contributed by atoms with van der Waals surface area (Å²) >= 11 is 12.2. The molecule has 4 rings (SSSR count). The van der Waals surface area contributed by atoms with E-state index in [0.29, 0.717) is 6.54 Å². The van der Waals surface area contributed by atoms with Gasteiger partial charge in [0, 0.05) is 12.6 Å². The minimum atomic E-state index is -0.931. The number of carboxylic acid groups (broad SMARTS) is 1. The van der Waals surface area contributed by atoms with Gasteiger partial charge in [-0.15, -0.1) is 0 Å². The van der Waals surface area contributed by atoms with Gasteiger partial charge in [0.15, 0.2) is 5.15 Å². The molecule has 4 heterocycles. The Balaban J connectivity index is 1.68. The van der Waals surface area contributed by atoms with Crippen molar-refractivity contribution >= 4 is 40.2 Å². The van der Waals surface area contributed by atoms with Gasteiger partial charge in [0.05, 0.1) is 18.4 Å². The van der Waals surface area contributed by atoms with E-state index in [1.807, 2.05) is 0 Å². The molecule has 2 bridgehead atoms. The summed E-state index contributed by atoms with van der Waals surface area (Å²) < 4.78 is 5.97. The highest BCUT2D eigenvalue weighted by atomic mass is 35.5. The Hall–Kier alpha value is -2.10. The number of halogens is 2. The van der Waals surface area contributed by atoms with Crippen molar-refractivity contribution in [3.63, 3.8) is 0 Å². The Morgan fingerprint density at radius 3 is 2.96 bits per heavy atom. The molecule has 27 heavy (non-hydrogen) atoms. The fourth-order valence-electron chi connectivity index (χ4n) is 4.04. The van der Waals surface area contributed by atoms with Crippen molar-refractivity contribution in [3.8, 4) is 5.88 Å². The molecule has 0 unspecified atom stereocenters. The lowest BCUT2D eigenvalue weighted by Gasteiger charge is -2.41. The first-order valence-electron chi connectivity index (χ1n) is 8.52. The maximum absolute atomic E-state index is 12.3. The number of ether oxygens (including phenoxy) is 1. The molecule has 4 atom stereocenters. The van der Waals surface area contributed by atoms with E-state index in [2.05, 4.69) is 20.3 Å². The smallest absolute Gasteiger partial charge is 0.407 e. The van der Waals surface area contributed by atoms with Gasteiger partial charge >= 0.3 is 6.09 Å². The van der Waals surface area contributed by atoms with Crippen LogP contribution in [0.3, 0.4) is 0 Å². The van der Waals surface area contributed by atoms with Gasteiger partial charge in [-0.1, -0.05) is 23.2 Å². The van der Waals surface area contributed by atoms with Gasteiger partial charge < -0.3 is 20.1 Å². The zero-order valence-corrected chi connectivity index (χ0v) is 15.8. The maximum atomic E-state index is 12.3. The Labute approximate surface area is 163 Å². The SMILES string of the molecule is C[C@H](Oc1nc(Cl)c(Cl)c2nc[nH]c(=O)c12)[C@H]1NC[C@H]2CC[C@@H]1N2C(=O)O. The molecule has 3 N–H and O–H groups in total. The lowest BCUT2D eigenvalue weighted by Crippen LogP contribution is -2.63. The predicted octanol–water partition coefficient (Wildman–Crippen LogP) is 1.87. The Morgan fingerprint density at radius 2 is 2.22 bits per heavy atom. The Kier molecular flexibility index (Phi) is 4.61. The second kappa shape index (κ2) is 6.81. The number of aromatic amines is 1. The third-order valence-electron chi connectivity index (χ3n) is 5.23. The van der Waals surface area contributed by atoms with Crippen molar-refractivity contribution < 1.29 is 14.6 Å². The second-order valence-corrected chi connectivity index (χ2v) is 7.46. The van der Waals surface area contributed by atoms with Crippen molar-refractivity contribution in [3.05, 3.63) is 26.9 Å². The average Bonchev–Trinajstić information content (AvgIpc) is 2.93. The van der Waals surface area contributed by atoms with E-state index in [-0.39, 0.29) is 45.1 Å². The van der Waals surface area contributed by atoms with Crippen molar-refractivity contribution in [2.75, 3.05) is 6.54 Å². The van der Waals surface area contributed by atoms with Gasteiger partial charge in [-0.3, -0.25) is 9.69 Å². The van der Waals surface area contributed by atoms with Crippen LogP contribution in [0.25, 0.3) is 10.9 Å². The molecule has 11 heteroatoms.